The molecule has 0 radical (unpaired) electrons. The first kappa shape index (κ1) is 11.5. The minimum atomic E-state index is 0.160. The van der Waals surface area contributed by atoms with Crippen LogP contribution in [0.15, 0.2) is 22.7 Å². The number of halogens is 1. The minimum absolute atomic E-state index is 0.160. The molecule has 1 aromatic rings. The smallest absolute Gasteiger partial charge is 0.120 e. The SMILES string of the molecule is CC(C)NC(C)c1cc(Br)ccc1O. The molecule has 0 aromatic heterocycles. The lowest BCUT2D eigenvalue weighted by molar-refractivity contribution is 0.442. The van der Waals surface area contributed by atoms with Gasteiger partial charge >= 0.3 is 0 Å². The second kappa shape index (κ2) is 4.80. The topological polar surface area (TPSA) is 32.3 Å². The molecule has 1 aromatic carbocycles. The molecular weight excluding hydrogens is 242 g/mol. The molecule has 3 heteroatoms. The minimum Gasteiger partial charge on any atom is -0.508 e. The van der Waals surface area contributed by atoms with Crippen LogP contribution in [0.1, 0.15) is 32.4 Å². The first-order valence-electron chi connectivity index (χ1n) is 4.75. The maximum atomic E-state index is 9.66. The molecule has 0 aliphatic heterocycles. The Bertz CT molecular complexity index is 312. The van der Waals surface area contributed by atoms with Gasteiger partial charge in [0.2, 0.25) is 0 Å². The quantitative estimate of drug-likeness (QED) is 0.872. The molecule has 0 spiro atoms. The van der Waals surface area contributed by atoms with Gasteiger partial charge in [0.15, 0.2) is 0 Å². The normalized spacial score (nSPS) is 13.2. The van der Waals surface area contributed by atoms with Gasteiger partial charge in [-0.25, -0.2) is 0 Å². The molecule has 0 fully saturated rings. The van der Waals surface area contributed by atoms with E-state index in [1.54, 1.807) is 6.07 Å². The maximum absolute atomic E-state index is 9.66. The molecule has 0 aliphatic rings. The Morgan fingerprint density at radius 3 is 2.50 bits per heavy atom. The van der Waals surface area contributed by atoms with E-state index in [-0.39, 0.29) is 6.04 Å². The molecule has 1 unspecified atom stereocenters. The second-order valence-electron chi connectivity index (χ2n) is 3.75. The highest BCUT2D eigenvalue weighted by molar-refractivity contribution is 9.10. The summed E-state index contributed by atoms with van der Waals surface area (Å²) in [6.45, 7) is 6.22. The monoisotopic (exact) mass is 257 g/mol. The molecule has 0 saturated heterocycles. The Morgan fingerprint density at radius 2 is 1.93 bits per heavy atom. The van der Waals surface area contributed by atoms with E-state index < -0.39 is 0 Å². The summed E-state index contributed by atoms with van der Waals surface area (Å²) in [7, 11) is 0. The second-order valence-corrected chi connectivity index (χ2v) is 4.66. The van der Waals surface area contributed by atoms with Gasteiger partial charge in [0.25, 0.3) is 0 Å². The summed E-state index contributed by atoms with van der Waals surface area (Å²) in [5.41, 5.74) is 0.924. The zero-order valence-electron chi connectivity index (χ0n) is 8.71. The number of nitrogens with one attached hydrogen (secondary N) is 1. The summed E-state index contributed by atoms with van der Waals surface area (Å²) in [4.78, 5) is 0. The summed E-state index contributed by atoms with van der Waals surface area (Å²) in [6.07, 6.45) is 0. The van der Waals surface area contributed by atoms with Crippen molar-refractivity contribution in [1.29, 1.82) is 0 Å². The fourth-order valence-electron chi connectivity index (χ4n) is 1.46. The lowest BCUT2D eigenvalue weighted by Crippen LogP contribution is -2.26. The molecule has 1 atom stereocenters. The number of aromatic hydroxyl groups is 1. The number of hydrogen-bond donors (Lipinski definition) is 2. The van der Waals surface area contributed by atoms with E-state index >= 15 is 0 Å². The summed E-state index contributed by atoms with van der Waals surface area (Å²) in [5.74, 6) is 0.342. The molecule has 0 saturated carbocycles. The Morgan fingerprint density at radius 1 is 1.29 bits per heavy atom. The fourth-order valence-corrected chi connectivity index (χ4v) is 1.84. The average molecular weight is 258 g/mol. The van der Waals surface area contributed by atoms with Crippen LogP contribution in [-0.4, -0.2) is 11.1 Å². The highest BCUT2D eigenvalue weighted by Gasteiger charge is 2.11. The molecule has 0 amide bonds. The van der Waals surface area contributed by atoms with Crippen molar-refractivity contribution in [2.45, 2.75) is 32.9 Å². The molecule has 2 nitrogen and oxygen atoms in total. The zero-order valence-corrected chi connectivity index (χ0v) is 10.3. The van der Waals surface area contributed by atoms with Gasteiger partial charge in [0, 0.05) is 22.1 Å². The first-order valence-corrected chi connectivity index (χ1v) is 5.54. The number of hydrogen-bond acceptors (Lipinski definition) is 2. The van der Waals surface area contributed by atoms with E-state index in [1.807, 2.05) is 19.1 Å². The molecule has 0 bridgehead atoms. The molecular formula is C11H16BrNO. The van der Waals surface area contributed by atoms with Crippen molar-refractivity contribution in [3.8, 4) is 5.75 Å². The Kier molecular flexibility index (Phi) is 3.96. The number of benzene rings is 1. The van der Waals surface area contributed by atoms with Gasteiger partial charge < -0.3 is 10.4 Å². The van der Waals surface area contributed by atoms with Crippen LogP contribution in [0.25, 0.3) is 0 Å². The highest BCUT2D eigenvalue weighted by atomic mass is 79.9. The fraction of sp³-hybridized carbons (Fsp3) is 0.455. The van der Waals surface area contributed by atoms with E-state index in [2.05, 4.69) is 35.1 Å². The van der Waals surface area contributed by atoms with Gasteiger partial charge in [0.05, 0.1) is 0 Å². The van der Waals surface area contributed by atoms with E-state index in [0.29, 0.717) is 11.8 Å². The molecule has 0 aliphatic carbocycles. The zero-order chi connectivity index (χ0) is 10.7. The van der Waals surface area contributed by atoms with Gasteiger partial charge in [-0.1, -0.05) is 29.8 Å². The van der Waals surface area contributed by atoms with Crippen LogP contribution in [-0.2, 0) is 0 Å². The summed E-state index contributed by atoms with van der Waals surface area (Å²) < 4.78 is 0.989. The standard InChI is InChI=1S/C11H16BrNO/c1-7(2)13-8(3)10-6-9(12)4-5-11(10)14/h4-8,13-14H,1-3H3. The van der Waals surface area contributed by atoms with E-state index in [1.165, 1.54) is 0 Å². The Labute approximate surface area is 93.5 Å². The van der Waals surface area contributed by atoms with Crippen LogP contribution in [0.2, 0.25) is 0 Å². The van der Waals surface area contributed by atoms with Crippen molar-refractivity contribution in [3.05, 3.63) is 28.2 Å². The van der Waals surface area contributed by atoms with Crippen molar-refractivity contribution in [2.75, 3.05) is 0 Å². The third kappa shape index (κ3) is 3.00. The van der Waals surface area contributed by atoms with Crippen molar-refractivity contribution >= 4 is 15.9 Å². The average Bonchev–Trinajstić information content (AvgIpc) is 2.08. The number of phenols is 1. The van der Waals surface area contributed by atoms with E-state index in [9.17, 15) is 5.11 Å². The summed E-state index contributed by atoms with van der Waals surface area (Å²) in [5, 5.41) is 13.0. The van der Waals surface area contributed by atoms with Crippen molar-refractivity contribution in [1.82, 2.24) is 5.32 Å². The number of rotatable bonds is 3. The predicted octanol–water partition coefficient (Wildman–Crippen LogP) is 3.21. The third-order valence-electron chi connectivity index (χ3n) is 2.04. The number of phenolic OH excluding ortho intramolecular Hbond substituents is 1. The Balaban J connectivity index is 2.88. The van der Waals surface area contributed by atoms with Gasteiger partial charge in [-0.15, -0.1) is 0 Å². The van der Waals surface area contributed by atoms with Crippen LogP contribution >= 0.6 is 15.9 Å². The molecule has 14 heavy (non-hydrogen) atoms. The predicted molar refractivity (Wildman–Crippen MR) is 62.5 cm³/mol. The first-order chi connectivity index (χ1) is 6.50. The highest BCUT2D eigenvalue weighted by Crippen LogP contribution is 2.27. The van der Waals surface area contributed by atoms with Gasteiger partial charge in [-0.05, 0) is 25.1 Å². The molecule has 78 valence electrons. The largest absolute Gasteiger partial charge is 0.508 e. The van der Waals surface area contributed by atoms with Gasteiger partial charge in [0.1, 0.15) is 5.75 Å². The van der Waals surface area contributed by atoms with Gasteiger partial charge in [-0.2, -0.15) is 0 Å². The lowest BCUT2D eigenvalue weighted by atomic mass is 10.1. The van der Waals surface area contributed by atoms with Crippen LogP contribution in [0.4, 0.5) is 0 Å². The van der Waals surface area contributed by atoms with E-state index in [0.717, 1.165) is 10.0 Å². The molecule has 0 heterocycles. The van der Waals surface area contributed by atoms with Crippen LogP contribution in [0.3, 0.4) is 0 Å². The molecule has 1 rings (SSSR count). The Hall–Kier alpha value is -0.540. The van der Waals surface area contributed by atoms with E-state index in [4.69, 9.17) is 0 Å². The maximum Gasteiger partial charge on any atom is 0.120 e. The lowest BCUT2D eigenvalue weighted by Gasteiger charge is -2.18. The molecule has 2 N–H and O–H groups in total. The van der Waals surface area contributed by atoms with Crippen LogP contribution in [0, 0.1) is 0 Å². The van der Waals surface area contributed by atoms with Crippen molar-refractivity contribution < 1.29 is 5.11 Å². The third-order valence-corrected chi connectivity index (χ3v) is 2.53. The van der Waals surface area contributed by atoms with Crippen molar-refractivity contribution in [2.24, 2.45) is 0 Å². The van der Waals surface area contributed by atoms with Crippen molar-refractivity contribution in [3.63, 3.8) is 0 Å². The van der Waals surface area contributed by atoms with Crippen LogP contribution in [0.5, 0.6) is 5.75 Å². The van der Waals surface area contributed by atoms with Crippen LogP contribution < -0.4 is 5.32 Å². The van der Waals surface area contributed by atoms with Gasteiger partial charge in [-0.3, -0.25) is 0 Å². The summed E-state index contributed by atoms with van der Waals surface area (Å²) in [6, 6.07) is 6.05. The summed E-state index contributed by atoms with van der Waals surface area (Å²) >= 11 is 3.39.